The average molecular weight is 569 g/mol. The highest BCUT2D eigenvalue weighted by Gasteiger charge is 2.27. The van der Waals surface area contributed by atoms with Gasteiger partial charge in [-0.1, -0.05) is 134 Å². The number of carbonyl (C=O) groups is 3. The Hall–Kier alpha value is -1.63. The third-order valence-electron chi connectivity index (χ3n) is 8.13. The quantitative estimate of drug-likeness (QED) is 0.0567. The molecule has 0 aromatic rings. The molecule has 0 fully saturated rings. The SMILES string of the molecule is C=C[Si](CCCCCCCCCC(=O)O)(CCCCCCCCCC(=O)O)CCCCCCCCCC(=O)O. The van der Waals surface area contributed by atoms with Crippen molar-refractivity contribution in [3.05, 3.63) is 12.3 Å². The maximum atomic E-state index is 10.6. The van der Waals surface area contributed by atoms with Crippen molar-refractivity contribution in [1.82, 2.24) is 0 Å². The van der Waals surface area contributed by atoms with Crippen LogP contribution in [0.25, 0.3) is 0 Å². The average Bonchev–Trinajstić information content (AvgIpc) is 2.89. The van der Waals surface area contributed by atoms with Crippen LogP contribution < -0.4 is 0 Å². The summed E-state index contributed by atoms with van der Waals surface area (Å²) in [5.74, 6) is -2.06. The number of hydrogen-bond acceptors (Lipinski definition) is 3. The lowest BCUT2D eigenvalue weighted by molar-refractivity contribution is -0.138. The van der Waals surface area contributed by atoms with Crippen LogP contribution in [0.2, 0.25) is 18.1 Å². The molecule has 0 bridgehead atoms. The van der Waals surface area contributed by atoms with Gasteiger partial charge in [0.15, 0.2) is 0 Å². The van der Waals surface area contributed by atoms with Crippen LogP contribution in [0.15, 0.2) is 12.3 Å². The van der Waals surface area contributed by atoms with Crippen LogP contribution in [0.5, 0.6) is 0 Å². The fraction of sp³-hybridized carbons (Fsp3) is 0.844. The Bertz CT molecular complexity index is 557. The van der Waals surface area contributed by atoms with Gasteiger partial charge in [0.2, 0.25) is 0 Å². The zero-order chi connectivity index (χ0) is 29.0. The van der Waals surface area contributed by atoms with E-state index in [1.165, 1.54) is 95.2 Å². The molecule has 7 heteroatoms. The summed E-state index contributed by atoms with van der Waals surface area (Å²) in [5, 5.41) is 26.2. The van der Waals surface area contributed by atoms with Crippen molar-refractivity contribution in [3.63, 3.8) is 0 Å². The summed E-state index contributed by atoms with van der Waals surface area (Å²) in [7, 11) is -1.48. The fourth-order valence-corrected chi connectivity index (χ4v) is 9.82. The van der Waals surface area contributed by atoms with Crippen molar-refractivity contribution in [2.75, 3.05) is 0 Å². The van der Waals surface area contributed by atoms with E-state index in [9.17, 15) is 14.4 Å². The summed E-state index contributed by atoms with van der Waals surface area (Å²) < 4.78 is 0. The molecule has 228 valence electrons. The fourth-order valence-electron chi connectivity index (χ4n) is 5.59. The predicted octanol–water partition coefficient (Wildman–Crippen LogP) is 9.78. The molecule has 6 nitrogen and oxygen atoms in total. The molecule has 0 aliphatic carbocycles. The molecule has 0 aromatic heterocycles. The van der Waals surface area contributed by atoms with E-state index in [1.54, 1.807) is 0 Å². The van der Waals surface area contributed by atoms with Gasteiger partial charge in [0.25, 0.3) is 0 Å². The van der Waals surface area contributed by atoms with Gasteiger partial charge < -0.3 is 15.3 Å². The van der Waals surface area contributed by atoms with Gasteiger partial charge in [0.1, 0.15) is 0 Å². The normalized spacial score (nSPS) is 11.5. The van der Waals surface area contributed by atoms with Crippen LogP contribution in [0.4, 0.5) is 0 Å². The van der Waals surface area contributed by atoms with E-state index in [0.29, 0.717) is 19.3 Å². The van der Waals surface area contributed by atoms with Crippen molar-refractivity contribution in [1.29, 1.82) is 0 Å². The maximum absolute atomic E-state index is 10.6. The number of aliphatic carboxylic acids is 3. The third-order valence-corrected chi connectivity index (χ3v) is 13.0. The molecule has 0 radical (unpaired) electrons. The Balaban J connectivity index is 4.31. The Morgan fingerprint density at radius 1 is 0.410 bits per heavy atom. The second-order valence-electron chi connectivity index (χ2n) is 11.7. The van der Waals surface area contributed by atoms with Crippen molar-refractivity contribution in [2.24, 2.45) is 0 Å². The van der Waals surface area contributed by atoms with Crippen molar-refractivity contribution in [3.8, 4) is 0 Å². The van der Waals surface area contributed by atoms with E-state index in [0.717, 1.165) is 57.8 Å². The number of unbranched alkanes of at least 4 members (excludes halogenated alkanes) is 18. The number of rotatable bonds is 31. The van der Waals surface area contributed by atoms with Crippen molar-refractivity contribution in [2.45, 2.75) is 172 Å². The molecule has 0 unspecified atom stereocenters. The highest BCUT2D eigenvalue weighted by molar-refractivity contribution is 6.84. The molecule has 0 heterocycles. The highest BCUT2D eigenvalue weighted by atomic mass is 28.3. The molecule has 0 aliphatic rings. The van der Waals surface area contributed by atoms with Crippen LogP contribution >= 0.6 is 0 Å². The minimum atomic E-state index is -1.48. The smallest absolute Gasteiger partial charge is 0.303 e. The van der Waals surface area contributed by atoms with Crippen LogP contribution in [-0.4, -0.2) is 41.3 Å². The molecule has 0 amide bonds. The van der Waals surface area contributed by atoms with Crippen molar-refractivity contribution < 1.29 is 29.7 Å². The van der Waals surface area contributed by atoms with Gasteiger partial charge in [-0.05, 0) is 19.3 Å². The lowest BCUT2D eigenvalue weighted by atomic mass is 10.1. The van der Waals surface area contributed by atoms with E-state index >= 15 is 0 Å². The lowest BCUT2D eigenvalue weighted by Gasteiger charge is -2.29. The molecule has 0 spiro atoms. The first-order chi connectivity index (χ1) is 18.8. The number of carboxylic acids is 3. The van der Waals surface area contributed by atoms with Gasteiger partial charge in [0, 0.05) is 19.3 Å². The maximum Gasteiger partial charge on any atom is 0.303 e. The Morgan fingerprint density at radius 2 is 0.615 bits per heavy atom. The molecule has 0 saturated carbocycles. The van der Waals surface area contributed by atoms with Gasteiger partial charge >= 0.3 is 17.9 Å². The largest absolute Gasteiger partial charge is 0.481 e. The Kier molecular flexibility index (Phi) is 25.5. The third kappa shape index (κ3) is 26.4. The van der Waals surface area contributed by atoms with E-state index < -0.39 is 26.0 Å². The number of hydrogen-bond donors (Lipinski definition) is 3. The summed E-state index contributed by atoms with van der Waals surface area (Å²) in [5.41, 5.74) is 2.39. The molecule has 0 rings (SSSR count). The zero-order valence-corrected chi connectivity index (χ0v) is 25.9. The first-order valence-corrected chi connectivity index (χ1v) is 18.8. The molecule has 39 heavy (non-hydrogen) atoms. The van der Waals surface area contributed by atoms with E-state index in [2.05, 4.69) is 12.3 Å². The molecular formula is C32H60O6Si. The monoisotopic (exact) mass is 568 g/mol. The predicted molar refractivity (Wildman–Crippen MR) is 164 cm³/mol. The van der Waals surface area contributed by atoms with E-state index in [4.69, 9.17) is 15.3 Å². The summed E-state index contributed by atoms with van der Waals surface area (Å²) in [6.07, 6.45) is 24.8. The van der Waals surface area contributed by atoms with Gasteiger partial charge in [0.05, 0.1) is 8.07 Å². The topological polar surface area (TPSA) is 112 Å². The molecular weight excluding hydrogens is 508 g/mol. The highest BCUT2D eigenvalue weighted by Crippen LogP contribution is 2.31. The van der Waals surface area contributed by atoms with Gasteiger partial charge in [-0.2, -0.15) is 0 Å². The first kappa shape index (κ1) is 37.4. The van der Waals surface area contributed by atoms with Gasteiger partial charge in [-0.3, -0.25) is 14.4 Å². The summed E-state index contributed by atoms with van der Waals surface area (Å²) in [4.78, 5) is 31.9. The van der Waals surface area contributed by atoms with Gasteiger partial charge in [-0.25, -0.2) is 0 Å². The summed E-state index contributed by atoms with van der Waals surface area (Å²) >= 11 is 0. The molecule has 0 saturated heterocycles. The number of carboxylic acid groups (broad SMARTS) is 3. The second kappa shape index (κ2) is 26.6. The Morgan fingerprint density at radius 3 is 0.821 bits per heavy atom. The standard InChI is InChI=1S/C32H60O6Si/c1-2-39(27-21-15-9-3-6-12-18-24-30(33)34,28-22-16-10-4-7-13-19-25-31(35)36)29-23-17-11-5-8-14-20-26-32(37)38/h2H,1,3-29H2,(H,33,34)(H,35,36)(H,37,38). The first-order valence-electron chi connectivity index (χ1n) is 16.1. The molecule has 0 atom stereocenters. The van der Waals surface area contributed by atoms with Gasteiger partial charge in [-0.15, -0.1) is 12.3 Å². The molecule has 0 aromatic carbocycles. The zero-order valence-electron chi connectivity index (χ0n) is 24.9. The van der Waals surface area contributed by atoms with Crippen molar-refractivity contribution >= 4 is 26.0 Å². The van der Waals surface area contributed by atoms with Crippen LogP contribution in [0.3, 0.4) is 0 Å². The second-order valence-corrected chi connectivity index (χ2v) is 16.3. The van der Waals surface area contributed by atoms with E-state index in [1.807, 2.05) is 0 Å². The lowest BCUT2D eigenvalue weighted by Crippen LogP contribution is -2.31. The molecule has 3 N–H and O–H groups in total. The summed E-state index contributed by atoms with van der Waals surface area (Å²) in [6.45, 7) is 4.34. The van der Waals surface area contributed by atoms with Crippen LogP contribution in [-0.2, 0) is 14.4 Å². The van der Waals surface area contributed by atoms with Crippen LogP contribution in [0.1, 0.15) is 154 Å². The minimum absolute atomic E-state index is 0.295. The Labute approximate surface area is 240 Å². The molecule has 0 aliphatic heterocycles. The van der Waals surface area contributed by atoms with Crippen LogP contribution in [0, 0.1) is 0 Å². The minimum Gasteiger partial charge on any atom is -0.481 e. The van der Waals surface area contributed by atoms with E-state index in [-0.39, 0.29) is 0 Å². The summed E-state index contributed by atoms with van der Waals surface area (Å²) in [6, 6.07) is 4.04.